The molecule has 2 aromatic carbocycles. The summed E-state index contributed by atoms with van der Waals surface area (Å²) in [4.78, 5) is 15.1. The van der Waals surface area contributed by atoms with Crippen LogP contribution in [0.2, 0.25) is 0 Å². The summed E-state index contributed by atoms with van der Waals surface area (Å²) in [5.41, 5.74) is 0.0859. The van der Waals surface area contributed by atoms with Crippen LogP contribution in [-0.4, -0.2) is 41.2 Å². The molecule has 1 saturated heterocycles. The highest BCUT2D eigenvalue weighted by molar-refractivity contribution is 5.67. The number of aromatic nitrogens is 2. The van der Waals surface area contributed by atoms with Crippen LogP contribution in [0.1, 0.15) is 29.5 Å². The van der Waals surface area contributed by atoms with E-state index in [9.17, 15) is 27.5 Å². The van der Waals surface area contributed by atoms with E-state index in [1.54, 1.807) is 11.0 Å². The number of nitrogens with zero attached hydrogens (tertiary/aromatic N) is 3. The van der Waals surface area contributed by atoms with Crippen LogP contribution in [0, 0.1) is 5.82 Å². The second kappa shape index (κ2) is 8.67. The summed E-state index contributed by atoms with van der Waals surface area (Å²) in [6.45, 7) is 0.766. The molecule has 2 aliphatic rings. The highest BCUT2D eigenvalue weighted by Gasteiger charge is 2.36. The molecule has 0 spiro atoms. The quantitative estimate of drug-likeness (QED) is 0.559. The second-order valence-corrected chi connectivity index (χ2v) is 8.81. The van der Waals surface area contributed by atoms with Gasteiger partial charge in [0.15, 0.2) is 11.6 Å². The molecule has 184 valence electrons. The minimum Gasteiger partial charge on any atom is -0.494 e. The summed E-state index contributed by atoms with van der Waals surface area (Å²) in [5.74, 6) is -0.611. The lowest BCUT2D eigenvalue weighted by Gasteiger charge is -2.22. The maximum Gasteiger partial charge on any atom is 0.418 e. The number of hydrogen-bond donors (Lipinski definition) is 1. The monoisotopic (exact) mass is 489 g/mol. The van der Waals surface area contributed by atoms with Crippen LogP contribution in [0.3, 0.4) is 0 Å². The van der Waals surface area contributed by atoms with E-state index in [0.29, 0.717) is 54.6 Å². The number of ether oxygens (including phenoxy) is 1. The largest absolute Gasteiger partial charge is 0.494 e. The Bertz CT molecular complexity index is 1350. The van der Waals surface area contributed by atoms with Crippen LogP contribution >= 0.6 is 0 Å². The zero-order valence-electron chi connectivity index (χ0n) is 18.9. The first kappa shape index (κ1) is 23.3. The van der Waals surface area contributed by atoms with Crippen LogP contribution < -0.4 is 15.2 Å². The fourth-order valence-corrected chi connectivity index (χ4v) is 4.89. The van der Waals surface area contributed by atoms with Crippen molar-refractivity contribution in [1.29, 1.82) is 0 Å². The van der Waals surface area contributed by atoms with Gasteiger partial charge >= 0.3 is 6.18 Å². The number of benzene rings is 2. The molecule has 1 aliphatic heterocycles. The molecule has 1 aromatic heterocycles. The van der Waals surface area contributed by atoms with Gasteiger partial charge in [0, 0.05) is 29.9 Å². The van der Waals surface area contributed by atoms with E-state index in [0.717, 1.165) is 10.7 Å². The third kappa shape index (κ3) is 4.16. The first-order valence-electron chi connectivity index (χ1n) is 11.3. The van der Waals surface area contributed by atoms with Crippen molar-refractivity contribution < 1.29 is 27.4 Å². The predicted octanol–water partition coefficient (Wildman–Crippen LogP) is 4.13. The summed E-state index contributed by atoms with van der Waals surface area (Å²) in [6, 6.07) is 7.76. The van der Waals surface area contributed by atoms with Gasteiger partial charge in [0.2, 0.25) is 0 Å². The Hall–Kier alpha value is -3.40. The number of aliphatic hydroxyl groups excluding tert-OH is 1. The van der Waals surface area contributed by atoms with E-state index >= 15 is 0 Å². The van der Waals surface area contributed by atoms with Gasteiger partial charge in [-0.1, -0.05) is 0 Å². The van der Waals surface area contributed by atoms with Gasteiger partial charge in [-0.15, -0.1) is 0 Å². The number of halogens is 4. The summed E-state index contributed by atoms with van der Waals surface area (Å²) in [7, 11) is 1.33. The van der Waals surface area contributed by atoms with Crippen molar-refractivity contribution in [3.63, 3.8) is 0 Å². The number of anilines is 1. The van der Waals surface area contributed by atoms with Gasteiger partial charge in [-0.2, -0.15) is 23.0 Å². The number of aliphatic hydroxyl groups is 1. The maximum atomic E-state index is 14.5. The Balaban J connectivity index is 1.73. The fraction of sp³-hybridized carbons (Fsp3) is 0.360. The molecule has 35 heavy (non-hydrogen) atoms. The molecular formula is C25H23F4N3O3. The summed E-state index contributed by atoms with van der Waals surface area (Å²) in [6.07, 6.45) is -3.22. The second-order valence-electron chi connectivity index (χ2n) is 8.81. The molecule has 0 amide bonds. The van der Waals surface area contributed by atoms with Gasteiger partial charge in [0.1, 0.15) is 0 Å². The predicted molar refractivity (Wildman–Crippen MR) is 122 cm³/mol. The number of rotatable bonds is 4. The lowest BCUT2D eigenvalue weighted by atomic mass is 10.0. The number of methoxy groups -OCH3 is 1. The van der Waals surface area contributed by atoms with E-state index in [4.69, 9.17) is 4.74 Å². The van der Waals surface area contributed by atoms with E-state index in [2.05, 4.69) is 5.10 Å². The summed E-state index contributed by atoms with van der Waals surface area (Å²) < 4.78 is 62.3. The Kier molecular flexibility index (Phi) is 5.79. The molecule has 0 saturated carbocycles. The molecule has 0 radical (unpaired) electrons. The van der Waals surface area contributed by atoms with Crippen LogP contribution in [0.4, 0.5) is 23.2 Å². The number of β-amino-alcohol motifs (C(OH)–C–C–N with tert-alkyl or cyclic N) is 1. The van der Waals surface area contributed by atoms with E-state index < -0.39 is 34.9 Å². The first-order chi connectivity index (χ1) is 16.7. The molecule has 1 aliphatic carbocycles. The van der Waals surface area contributed by atoms with Crippen molar-refractivity contribution >= 4 is 5.69 Å². The molecule has 1 atom stereocenters. The van der Waals surface area contributed by atoms with Gasteiger partial charge in [0.25, 0.3) is 5.56 Å². The van der Waals surface area contributed by atoms with Crippen molar-refractivity contribution in [1.82, 2.24) is 9.78 Å². The first-order valence-corrected chi connectivity index (χ1v) is 11.3. The Labute approximate surface area is 198 Å². The molecule has 1 fully saturated rings. The lowest BCUT2D eigenvalue weighted by molar-refractivity contribution is -0.137. The zero-order chi connectivity index (χ0) is 24.9. The molecule has 2 heterocycles. The Morgan fingerprint density at radius 2 is 1.89 bits per heavy atom. The van der Waals surface area contributed by atoms with Gasteiger partial charge in [-0.05, 0) is 67.6 Å². The smallest absolute Gasteiger partial charge is 0.418 e. The third-order valence-corrected chi connectivity index (χ3v) is 6.62. The van der Waals surface area contributed by atoms with Gasteiger partial charge in [-0.3, -0.25) is 4.79 Å². The van der Waals surface area contributed by atoms with Crippen LogP contribution in [-0.2, 0) is 19.0 Å². The minimum absolute atomic E-state index is 0.0265. The standard InChI is InChI=1S/C25H23F4N3O3/c1-35-22-8-5-14(11-20(22)26)23-17-3-2-4-18(17)24(34)32(30-23)21-12-15(31-10-9-16(33)13-31)6-7-19(21)25(27,28)29/h5-8,11-12,16,33H,2-4,9-10,13H2,1H3/t16-/m0/s1. The minimum atomic E-state index is -4.73. The van der Waals surface area contributed by atoms with Gasteiger partial charge < -0.3 is 14.7 Å². The molecule has 5 rings (SSSR count). The van der Waals surface area contributed by atoms with Crippen molar-refractivity contribution in [3.8, 4) is 22.7 Å². The average molecular weight is 489 g/mol. The molecule has 0 bridgehead atoms. The van der Waals surface area contributed by atoms with Gasteiger partial charge in [-0.25, -0.2) is 4.39 Å². The Morgan fingerprint density at radius 3 is 2.54 bits per heavy atom. The zero-order valence-corrected chi connectivity index (χ0v) is 18.9. The third-order valence-electron chi connectivity index (χ3n) is 6.62. The summed E-state index contributed by atoms with van der Waals surface area (Å²) in [5, 5.41) is 14.2. The van der Waals surface area contributed by atoms with Crippen molar-refractivity contribution in [2.24, 2.45) is 0 Å². The molecule has 1 N–H and O–H groups in total. The SMILES string of the molecule is COc1ccc(-c2nn(-c3cc(N4CC[C@H](O)C4)ccc3C(F)(F)F)c(=O)c3c2CCC3)cc1F. The van der Waals surface area contributed by atoms with Crippen molar-refractivity contribution in [2.45, 2.75) is 38.0 Å². The van der Waals surface area contributed by atoms with Crippen LogP contribution in [0.25, 0.3) is 16.9 Å². The normalized spacial score (nSPS) is 17.7. The maximum absolute atomic E-state index is 14.5. The van der Waals surface area contributed by atoms with Gasteiger partial charge in [0.05, 0.1) is 30.2 Å². The van der Waals surface area contributed by atoms with E-state index in [1.807, 2.05) is 0 Å². The van der Waals surface area contributed by atoms with E-state index in [-0.39, 0.29) is 18.0 Å². The number of fused-ring (bicyclic) bond motifs is 1. The van der Waals surface area contributed by atoms with Crippen molar-refractivity contribution in [2.75, 3.05) is 25.1 Å². The molecular weight excluding hydrogens is 466 g/mol. The number of alkyl halides is 3. The topological polar surface area (TPSA) is 67.6 Å². The van der Waals surface area contributed by atoms with Crippen LogP contribution in [0.15, 0.2) is 41.2 Å². The number of hydrogen-bond acceptors (Lipinski definition) is 5. The molecule has 3 aromatic rings. The molecule has 6 nitrogen and oxygen atoms in total. The lowest BCUT2D eigenvalue weighted by Crippen LogP contribution is -2.29. The van der Waals surface area contributed by atoms with E-state index in [1.165, 1.54) is 31.4 Å². The average Bonchev–Trinajstić information content (AvgIpc) is 3.48. The highest BCUT2D eigenvalue weighted by Crippen LogP contribution is 2.37. The molecule has 10 heteroatoms. The van der Waals surface area contributed by atoms with Crippen molar-refractivity contribution in [3.05, 3.63) is 69.3 Å². The highest BCUT2D eigenvalue weighted by atomic mass is 19.4. The summed E-state index contributed by atoms with van der Waals surface area (Å²) >= 11 is 0. The fourth-order valence-electron chi connectivity index (χ4n) is 4.89. The van der Waals surface area contributed by atoms with Crippen LogP contribution in [0.5, 0.6) is 5.75 Å². The molecule has 0 unspecified atom stereocenters. The Morgan fingerprint density at radius 1 is 1.11 bits per heavy atom.